The van der Waals surface area contributed by atoms with Crippen LogP contribution >= 0.6 is 11.3 Å². The summed E-state index contributed by atoms with van der Waals surface area (Å²) >= 11 is 1.60. The van der Waals surface area contributed by atoms with Crippen molar-refractivity contribution in [1.82, 2.24) is 15.2 Å². The molecule has 0 saturated carbocycles. The average Bonchev–Trinajstić information content (AvgIpc) is 3.37. The van der Waals surface area contributed by atoms with Gasteiger partial charge < -0.3 is 19.4 Å². The van der Waals surface area contributed by atoms with E-state index in [0.29, 0.717) is 25.6 Å². The number of carbonyl (C=O) groups excluding carboxylic acids is 1. The molecule has 1 atom stereocenters. The van der Waals surface area contributed by atoms with Crippen LogP contribution in [0.5, 0.6) is 0 Å². The molecule has 1 fully saturated rings. The van der Waals surface area contributed by atoms with Gasteiger partial charge in [-0.15, -0.1) is 11.3 Å². The van der Waals surface area contributed by atoms with Gasteiger partial charge in [-0.05, 0) is 38.1 Å². The number of rotatable bonds is 6. The van der Waals surface area contributed by atoms with Gasteiger partial charge >= 0.3 is 5.97 Å². The Hall–Kier alpha value is -2.35. The number of nitrogens with zero attached hydrogens (tertiary/aromatic N) is 3. The molecule has 3 heterocycles. The molecule has 0 radical (unpaired) electrons. The van der Waals surface area contributed by atoms with Crippen LogP contribution in [-0.4, -0.2) is 48.1 Å². The number of hydrogen-bond donors (Lipinski definition) is 1. The Morgan fingerprint density at radius 1 is 1.52 bits per heavy atom. The number of aliphatic imine (C=N–C) groups is 1. The van der Waals surface area contributed by atoms with E-state index in [1.54, 1.807) is 17.6 Å². The predicted molar refractivity (Wildman–Crippen MR) is 106 cm³/mol. The number of piperidine rings is 1. The number of thiophene rings is 1. The van der Waals surface area contributed by atoms with Crippen molar-refractivity contribution in [3.8, 4) is 10.8 Å². The van der Waals surface area contributed by atoms with E-state index in [9.17, 15) is 4.79 Å². The third-order valence-electron chi connectivity index (χ3n) is 4.35. The van der Waals surface area contributed by atoms with Gasteiger partial charge in [0, 0.05) is 19.6 Å². The van der Waals surface area contributed by atoms with E-state index >= 15 is 0 Å². The first kappa shape index (κ1) is 19.4. The highest BCUT2D eigenvalue weighted by atomic mass is 32.1. The Morgan fingerprint density at radius 3 is 3.15 bits per heavy atom. The molecule has 1 N–H and O–H groups in total. The van der Waals surface area contributed by atoms with Crippen LogP contribution in [0.1, 0.15) is 32.4 Å². The topological polar surface area (TPSA) is 80.0 Å². The van der Waals surface area contributed by atoms with Crippen molar-refractivity contribution in [3.63, 3.8) is 0 Å². The Kier molecular flexibility index (Phi) is 6.86. The van der Waals surface area contributed by atoms with Crippen LogP contribution in [0.15, 0.2) is 33.2 Å². The van der Waals surface area contributed by atoms with Crippen LogP contribution in [-0.2, 0) is 16.1 Å². The van der Waals surface area contributed by atoms with Gasteiger partial charge in [0.2, 0.25) is 5.89 Å². The van der Waals surface area contributed by atoms with Gasteiger partial charge in [0.05, 0.1) is 23.9 Å². The number of carbonyl (C=O) groups is 1. The quantitative estimate of drug-likeness (QED) is 0.464. The van der Waals surface area contributed by atoms with E-state index in [4.69, 9.17) is 14.1 Å². The lowest BCUT2D eigenvalue weighted by Crippen LogP contribution is -2.48. The number of ether oxygens (including phenoxy) is 1. The molecule has 1 saturated heterocycles. The summed E-state index contributed by atoms with van der Waals surface area (Å²) in [4.78, 5) is 24.4. The summed E-state index contributed by atoms with van der Waals surface area (Å²) < 4.78 is 10.7. The fourth-order valence-corrected chi connectivity index (χ4v) is 3.75. The normalized spacial score (nSPS) is 17.8. The minimum absolute atomic E-state index is 0.0972. The third-order valence-corrected chi connectivity index (χ3v) is 5.21. The van der Waals surface area contributed by atoms with E-state index in [-0.39, 0.29) is 11.9 Å². The maximum Gasteiger partial charge on any atom is 0.310 e. The van der Waals surface area contributed by atoms with Gasteiger partial charge in [-0.1, -0.05) is 6.07 Å². The van der Waals surface area contributed by atoms with Gasteiger partial charge in [-0.3, -0.25) is 4.79 Å². The number of hydrogen-bond acceptors (Lipinski definition) is 6. The maximum atomic E-state index is 12.1. The summed E-state index contributed by atoms with van der Waals surface area (Å²) in [7, 11) is 0. The lowest BCUT2D eigenvalue weighted by Gasteiger charge is -2.33. The summed E-state index contributed by atoms with van der Waals surface area (Å²) in [5, 5.41) is 5.31. The Bertz CT molecular complexity index is 757. The highest BCUT2D eigenvalue weighted by Crippen LogP contribution is 2.24. The maximum absolute atomic E-state index is 12.1. The number of likely N-dealkylation sites (tertiary alicyclic amines) is 1. The minimum atomic E-state index is -0.116. The van der Waals surface area contributed by atoms with Gasteiger partial charge in [0.15, 0.2) is 5.96 Å². The number of aromatic nitrogens is 1. The molecule has 1 unspecified atom stereocenters. The smallest absolute Gasteiger partial charge is 0.310 e. The fraction of sp³-hybridized carbons (Fsp3) is 0.526. The lowest BCUT2D eigenvalue weighted by atomic mass is 9.98. The number of oxazole rings is 1. The van der Waals surface area contributed by atoms with E-state index in [2.05, 4.69) is 15.2 Å². The second kappa shape index (κ2) is 9.55. The van der Waals surface area contributed by atoms with Gasteiger partial charge in [-0.25, -0.2) is 9.98 Å². The first-order valence-electron chi connectivity index (χ1n) is 9.39. The molecule has 8 heteroatoms. The number of esters is 1. The molecule has 0 spiro atoms. The summed E-state index contributed by atoms with van der Waals surface area (Å²) in [5.74, 6) is 1.21. The highest BCUT2D eigenvalue weighted by Gasteiger charge is 2.28. The molecule has 0 bridgehead atoms. The first-order valence-corrected chi connectivity index (χ1v) is 10.3. The van der Waals surface area contributed by atoms with Crippen molar-refractivity contribution in [2.45, 2.75) is 33.2 Å². The molecule has 27 heavy (non-hydrogen) atoms. The van der Waals surface area contributed by atoms with E-state index in [0.717, 1.165) is 42.5 Å². The monoisotopic (exact) mass is 390 g/mol. The fourth-order valence-electron chi connectivity index (χ4n) is 3.10. The van der Waals surface area contributed by atoms with E-state index in [1.807, 2.05) is 31.4 Å². The zero-order valence-electron chi connectivity index (χ0n) is 15.8. The van der Waals surface area contributed by atoms with E-state index < -0.39 is 0 Å². The third kappa shape index (κ3) is 5.09. The first-order chi connectivity index (χ1) is 13.2. The van der Waals surface area contributed by atoms with Crippen molar-refractivity contribution < 1.29 is 13.9 Å². The summed E-state index contributed by atoms with van der Waals surface area (Å²) in [6, 6.07) is 3.96. The standard InChI is InChI=1S/C19H26N4O3S/c1-3-20-19(23-9-5-7-14(12-23)18(24)25-4-2)21-11-15-13-26-17(22-15)16-8-6-10-27-16/h6,8,10,13-14H,3-5,7,9,11-12H2,1-2H3,(H,20,21). The average molecular weight is 391 g/mol. The van der Waals surface area contributed by atoms with Crippen molar-refractivity contribution in [2.75, 3.05) is 26.2 Å². The highest BCUT2D eigenvalue weighted by molar-refractivity contribution is 7.13. The molecule has 1 aliphatic rings. The molecular formula is C19H26N4O3S. The van der Waals surface area contributed by atoms with Crippen LogP contribution in [0.4, 0.5) is 0 Å². The van der Waals surface area contributed by atoms with Gasteiger partial charge in [-0.2, -0.15) is 0 Å². The van der Waals surface area contributed by atoms with E-state index in [1.165, 1.54) is 0 Å². The zero-order chi connectivity index (χ0) is 19.1. The molecule has 146 valence electrons. The molecule has 0 aromatic carbocycles. The Labute approximate surface area is 163 Å². The Morgan fingerprint density at radius 2 is 2.41 bits per heavy atom. The Balaban J connectivity index is 1.66. The number of guanidine groups is 1. The lowest BCUT2D eigenvalue weighted by molar-refractivity contribution is -0.149. The molecule has 2 aromatic rings. The number of nitrogens with one attached hydrogen (secondary N) is 1. The molecular weight excluding hydrogens is 364 g/mol. The predicted octanol–water partition coefficient (Wildman–Crippen LogP) is 3.14. The van der Waals surface area contributed by atoms with Crippen molar-refractivity contribution in [2.24, 2.45) is 10.9 Å². The second-order valence-corrected chi connectivity index (χ2v) is 7.28. The second-order valence-electron chi connectivity index (χ2n) is 6.33. The molecule has 1 aliphatic heterocycles. The van der Waals surface area contributed by atoms with Crippen molar-refractivity contribution in [3.05, 3.63) is 29.5 Å². The zero-order valence-corrected chi connectivity index (χ0v) is 16.6. The molecule has 2 aromatic heterocycles. The van der Waals surface area contributed by atoms with Gasteiger partial charge in [0.1, 0.15) is 12.0 Å². The summed E-state index contributed by atoms with van der Waals surface area (Å²) in [6.07, 6.45) is 3.46. The van der Waals surface area contributed by atoms with Gasteiger partial charge in [0.25, 0.3) is 0 Å². The van der Waals surface area contributed by atoms with Crippen LogP contribution < -0.4 is 5.32 Å². The largest absolute Gasteiger partial charge is 0.466 e. The molecule has 0 aliphatic carbocycles. The van der Waals surface area contributed by atoms with Crippen LogP contribution in [0, 0.1) is 5.92 Å². The molecule has 3 rings (SSSR count). The minimum Gasteiger partial charge on any atom is -0.466 e. The van der Waals surface area contributed by atoms with Crippen molar-refractivity contribution in [1.29, 1.82) is 0 Å². The van der Waals surface area contributed by atoms with Crippen LogP contribution in [0.2, 0.25) is 0 Å². The summed E-state index contributed by atoms with van der Waals surface area (Å²) in [6.45, 7) is 6.99. The molecule has 7 nitrogen and oxygen atoms in total. The van der Waals surface area contributed by atoms with Crippen molar-refractivity contribution >= 4 is 23.3 Å². The summed E-state index contributed by atoms with van der Waals surface area (Å²) in [5.41, 5.74) is 0.785. The van der Waals surface area contributed by atoms with Crippen LogP contribution in [0.25, 0.3) is 10.8 Å². The SMILES string of the molecule is CCNC(=NCc1coc(-c2cccs2)n1)N1CCCC(C(=O)OCC)C1. The molecule has 0 amide bonds. The van der Waals surface area contributed by atoms with Crippen LogP contribution in [0.3, 0.4) is 0 Å².